The van der Waals surface area contributed by atoms with E-state index >= 15 is 0 Å². The van der Waals surface area contributed by atoms with Gasteiger partial charge < -0.3 is 14.8 Å². The molecule has 0 aliphatic rings. The zero-order valence-corrected chi connectivity index (χ0v) is 12.5. The Kier molecular flexibility index (Phi) is 6.81. The molecule has 0 spiro atoms. The summed E-state index contributed by atoms with van der Waals surface area (Å²) in [5, 5.41) is 3.31. The minimum atomic E-state index is -0.106. The fourth-order valence-electron chi connectivity index (χ4n) is 1.55. The lowest BCUT2D eigenvalue weighted by molar-refractivity contribution is -0.0376. The first-order valence-corrected chi connectivity index (χ1v) is 6.92. The van der Waals surface area contributed by atoms with E-state index in [9.17, 15) is 0 Å². The molecule has 0 aliphatic carbocycles. The predicted octanol–water partition coefficient (Wildman–Crippen LogP) is 3.24. The van der Waals surface area contributed by atoms with Gasteiger partial charge in [0.1, 0.15) is 5.82 Å². The average Bonchev–Trinajstić information content (AvgIpc) is 2.36. The van der Waals surface area contributed by atoms with Crippen LogP contribution in [0, 0.1) is 0 Å². The van der Waals surface area contributed by atoms with E-state index in [0.29, 0.717) is 19.8 Å². The number of rotatable bonds is 8. The summed E-state index contributed by atoms with van der Waals surface area (Å²) in [6.45, 7) is 11.0. The van der Waals surface area contributed by atoms with E-state index in [1.54, 1.807) is 6.20 Å². The van der Waals surface area contributed by atoms with Gasteiger partial charge in [-0.25, -0.2) is 4.98 Å². The van der Waals surface area contributed by atoms with Gasteiger partial charge in [0.05, 0.1) is 25.4 Å². The fraction of sp³-hybridized carbons (Fsp3) is 0.667. The highest BCUT2D eigenvalue weighted by atomic mass is 16.5. The first kappa shape index (κ1) is 15.9. The highest BCUT2D eigenvalue weighted by molar-refractivity contribution is 5.43. The molecule has 108 valence electrons. The molecule has 0 radical (unpaired) electrons. The van der Waals surface area contributed by atoms with Crippen LogP contribution in [-0.4, -0.2) is 30.3 Å². The molecule has 1 N–H and O–H groups in total. The molecule has 1 aromatic heterocycles. The van der Waals surface area contributed by atoms with Crippen LogP contribution in [-0.2, 0) is 16.1 Å². The molecule has 4 heteroatoms. The Morgan fingerprint density at radius 1 is 1.26 bits per heavy atom. The van der Waals surface area contributed by atoms with Crippen LogP contribution < -0.4 is 5.32 Å². The third-order valence-corrected chi connectivity index (χ3v) is 2.45. The summed E-state index contributed by atoms with van der Waals surface area (Å²) in [5.74, 6) is 0.918. The lowest BCUT2D eigenvalue weighted by Crippen LogP contribution is -2.21. The Balaban J connectivity index is 2.32. The molecule has 1 aromatic rings. The third-order valence-electron chi connectivity index (χ3n) is 2.45. The highest BCUT2D eigenvalue weighted by Gasteiger charge is 2.09. The molecule has 0 amide bonds. The smallest absolute Gasteiger partial charge is 0.131 e. The van der Waals surface area contributed by atoms with Gasteiger partial charge in [-0.3, -0.25) is 0 Å². The van der Waals surface area contributed by atoms with Gasteiger partial charge in [0, 0.05) is 18.3 Å². The van der Waals surface area contributed by atoms with E-state index in [0.717, 1.165) is 24.3 Å². The first-order valence-electron chi connectivity index (χ1n) is 6.92. The van der Waals surface area contributed by atoms with Crippen molar-refractivity contribution in [2.75, 3.05) is 25.1 Å². The summed E-state index contributed by atoms with van der Waals surface area (Å²) >= 11 is 0. The minimum Gasteiger partial charge on any atom is -0.374 e. The Morgan fingerprint density at radius 3 is 2.74 bits per heavy atom. The summed E-state index contributed by atoms with van der Waals surface area (Å²) in [7, 11) is 0. The molecule has 1 rings (SSSR count). The average molecular weight is 266 g/mol. The fourth-order valence-corrected chi connectivity index (χ4v) is 1.55. The Bertz CT molecular complexity index is 361. The molecule has 19 heavy (non-hydrogen) atoms. The van der Waals surface area contributed by atoms with Crippen molar-refractivity contribution in [3.63, 3.8) is 0 Å². The van der Waals surface area contributed by atoms with Crippen molar-refractivity contribution >= 4 is 5.82 Å². The minimum absolute atomic E-state index is 0.106. The standard InChI is InChI=1S/C15H26N2O2/c1-5-8-16-14-13(7-6-9-17-14)12-18-10-11-19-15(2,3)4/h6-7,9H,5,8,10-12H2,1-4H3,(H,16,17). The molecule has 4 nitrogen and oxygen atoms in total. The molecule has 0 saturated carbocycles. The highest BCUT2D eigenvalue weighted by Crippen LogP contribution is 2.13. The molecule has 0 saturated heterocycles. The van der Waals surface area contributed by atoms with Gasteiger partial charge in [0.2, 0.25) is 0 Å². The van der Waals surface area contributed by atoms with E-state index in [4.69, 9.17) is 9.47 Å². The lowest BCUT2D eigenvalue weighted by atomic mass is 10.2. The third kappa shape index (κ3) is 7.13. The van der Waals surface area contributed by atoms with Gasteiger partial charge in [0.25, 0.3) is 0 Å². The molecule has 0 atom stereocenters. The number of hydrogen-bond donors (Lipinski definition) is 1. The van der Waals surface area contributed by atoms with Crippen molar-refractivity contribution in [2.45, 2.75) is 46.3 Å². The molecule has 0 bridgehead atoms. The van der Waals surface area contributed by atoms with Crippen molar-refractivity contribution in [2.24, 2.45) is 0 Å². The molecular formula is C15H26N2O2. The van der Waals surface area contributed by atoms with Gasteiger partial charge in [-0.1, -0.05) is 13.0 Å². The lowest BCUT2D eigenvalue weighted by Gasteiger charge is -2.19. The summed E-state index contributed by atoms with van der Waals surface area (Å²) < 4.78 is 11.2. The topological polar surface area (TPSA) is 43.4 Å². The van der Waals surface area contributed by atoms with Crippen LogP contribution in [0.2, 0.25) is 0 Å². The SMILES string of the molecule is CCCNc1ncccc1COCCOC(C)(C)C. The maximum Gasteiger partial charge on any atom is 0.131 e. The molecule has 0 aromatic carbocycles. The summed E-state index contributed by atoms with van der Waals surface area (Å²) in [5.41, 5.74) is 0.984. The number of aromatic nitrogens is 1. The zero-order valence-electron chi connectivity index (χ0n) is 12.5. The number of ether oxygens (including phenoxy) is 2. The first-order chi connectivity index (χ1) is 9.03. The van der Waals surface area contributed by atoms with Crippen LogP contribution in [0.5, 0.6) is 0 Å². The number of anilines is 1. The van der Waals surface area contributed by atoms with Crippen molar-refractivity contribution < 1.29 is 9.47 Å². The van der Waals surface area contributed by atoms with Crippen molar-refractivity contribution in [3.05, 3.63) is 23.9 Å². The maximum atomic E-state index is 5.63. The number of nitrogens with zero attached hydrogens (tertiary/aromatic N) is 1. The van der Waals surface area contributed by atoms with Gasteiger partial charge in [-0.2, -0.15) is 0 Å². The largest absolute Gasteiger partial charge is 0.374 e. The van der Waals surface area contributed by atoms with Crippen LogP contribution >= 0.6 is 0 Å². The monoisotopic (exact) mass is 266 g/mol. The second-order valence-electron chi connectivity index (χ2n) is 5.45. The quantitative estimate of drug-likeness (QED) is 0.734. The Labute approximate surface area is 116 Å². The molecule has 1 heterocycles. The summed E-state index contributed by atoms with van der Waals surface area (Å²) in [6, 6.07) is 3.97. The molecule has 0 fully saturated rings. The molecule has 0 aliphatic heterocycles. The van der Waals surface area contributed by atoms with Crippen molar-refractivity contribution in [3.8, 4) is 0 Å². The zero-order chi connectivity index (χ0) is 14.1. The van der Waals surface area contributed by atoms with Crippen LogP contribution in [0.4, 0.5) is 5.82 Å². The van der Waals surface area contributed by atoms with E-state index < -0.39 is 0 Å². The van der Waals surface area contributed by atoms with Crippen LogP contribution in [0.15, 0.2) is 18.3 Å². The van der Waals surface area contributed by atoms with E-state index in [1.807, 2.05) is 32.9 Å². The maximum absolute atomic E-state index is 5.63. The number of nitrogens with one attached hydrogen (secondary N) is 1. The van der Waals surface area contributed by atoms with Crippen LogP contribution in [0.3, 0.4) is 0 Å². The second kappa shape index (κ2) is 8.12. The van der Waals surface area contributed by atoms with Gasteiger partial charge in [0.15, 0.2) is 0 Å². The van der Waals surface area contributed by atoms with Crippen molar-refractivity contribution in [1.82, 2.24) is 4.98 Å². The summed E-state index contributed by atoms with van der Waals surface area (Å²) in [6.07, 6.45) is 2.88. The molecular weight excluding hydrogens is 240 g/mol. The normalized spacial score (nSPS) is 11.6. The van der Waals surface area contributed by atoms with E-state index in [-0.39, 0.29) is 5.60 Å². The van der Waals surface area contributed by atoms with Crippen LogP contribution in [0.25, 0.3) is 0 Å². The predicted molar refractivity (Wildman–Crippen MR) is 78.4 cm³/mol. The number of pyridine rings is 1. The Hall–Kier alpha value is -1.13. The van der Waals surface area contributed by atoms with Gasteiger partial charge in [-0.05, 0) is 33.3 Å². The molecule has 0 unspecified atom stereocenters. The van der Waals surface area contributed by atoms with Crippen LogP contribution in [0.1, 0.15) is 39.7 Å². The van der Waals surface area contributed by atoms with Gasteiger partial charge in [-0.15, -0.1) is 0 Å². The number of hydrogen-bond acceptors (Lipinski definition) is 4. The van der Waals surface area contributed by atoms with E-state index in [2.05, 4.69) is 17.2 Å². The van der Waals surface area contributed by atoms with Crippen molar-refractivity contribution in [1.29, 1.82) is 0 Å². The Morgan fingerprint density at radius 2 is 2.05 bits per heavy atom. The second-order valence-corrected chi connectivity index (χ2v) is 5.45. The van der Waals surface area contributed by atoms with E-state index in [1.165, 1.54) is 0 Å². The summed E-state index contributed by atoms with van der Waals surface area (Å²) in [4.78, 5) is 4.33. The van der Waals surface area contributed by atoms with Gasteiger partial charge >= 0.3 is 0 Å².